The fourth-order valence-electron chi connectivity index (χ4n) is 3.14. The molecule has 0 radical (unpaired) electrons. The number of hydrogen-bond acceptors (Lipinski definition) is 2. The molecular formula is C20H15FN2O2. The smallest absolute Gasteiger partial charge is 0.258 e. The monoisotopic (exact) mass is 334 g/mol. The summed E-state index contributed by atoms with van der Waals surface area (Å²) in [5.74, 6) is -1.04. The first-order chi connectivity index (χ1) is 12.1. The number of benzene rings is 2. The number of carbonyl (C=O) groups excluding carboxylic acids is 2. The van der Waals surface area contributed by atoms with Crippen LogP contribution in [0.1, 0.15) is 23.6 Å². The molecule has 0 aromatic heterocycles. The third-order valence-corrected chi connectivity index (χ3v) is 4.46. The topological polar surface area (TPSA) is 58.2 Å². The van der Waals surface area contributed by atoms with E-state index >= 15 is 0 Å². The van der Waals surface area contributed by atoms with Gasteiger partial charge >= 0.3 is 0 Å². The Labute approximate surface area is 144 Å². The SMILES string of the molecule is CCc1ccc(C2=C3C(=O)NC(c4ccc(F)cc4)=C3C(=O)N2)cc1. The molecule has 0 spiro atoms. The van der Waals surface area contributed by atoms with Gasteiger partial charge in [0, 0.05) is 0 Å². The zero-order valence-electron chi connectivity index (χ0n) is 13.5. The molecule has 0 atom stereocenters. The van der Waals surface area contributed by atoms with Crippen molar-refractivity contribution in [1.82, 2.24) is 10.6 Å². The summed E-state index contributed by atoms with van der Waals surface area (Å²) in [6, 6.07) is 13.4. The molecule has 0 saturated heterocycles. The highest BCUT2D eigenvalue weighted by atomic mass is 19.1. The van der Waals surface area contributed by atoms with E-state index in [4.69, 9.17) is 0 Å². The molecule has 4 nitrogen and oxygen atoms in total. The van der Waals surface area contributed by atoms with Crippen LogP contribution in [0.4, 0.5) is 4.39 Å². The van der Waals surface area contributed by atoms with Crippen molar-refractivity contribution < 1.29 is 14.0 Å². The van der Waals surface area contributed by atoms with Gasteiger partial charge in [0.05, 0.1) is 22.5 Å². The second-order valence-corrected chi connectivity index (χ2v) is 5.97. The van der Waals surface area contributed by atoms with E-state index in [1.807, 2.05) is 24.3 Å². The summed E-state index contributed by atoms with van der Waals surface area (Å²) in [7, 11) is 0. The Balaban J connectivity index is 1.84. The van der Waals surface area contributed by atoms with Crippen LogP contribution < -0.4 is 10.6 Å². The summed E-state index contributed by atoms with van der Waals surface area (Å²) in [5, 5.41) is 5.54. The number of rotatable bonds is 3. The number of carbonyl (C=O) groups is 2. The number of fused-ring (bicyclic) bond motifs is 1. The second-order valence-electron chi connectivity index (χ2n) is 5.97. The zero-order valence-corrected chi connectivity index (χ0v) is 13.5. The normalized spacial score (nSPS) is 16.2. The highest BCUT2D eigenvalue weighted by Gasteiger charge is 2.40. The number of amides is 2. The van der Waals surface area contributed by atoms with Crippen molar-refractivity contribution in [1.29, 1.82) is 0 Å². The summed E-state index contributed by atoms with van der Waals surface area (Å²) in [4.78, 5) is 25.0. The quantitative estimate of drug-likeness (QED) is 0.907. The molecule has 2 N–H and O–H groups in total. The summed E-state index contributed by atoms with van der Waals surface area (Å²) in [6.07, 6.45) is 0.916. The van der Waals surface area contributed by atoms with E-state index in [1.54, 1.807) is 12.1 Å². The minimum Gasteiger partial charge on any atom is -0.321 e. The molecule has 0 unspecified atom stereocenters. The third kappa shape index (κ3) is 2.45. The minimum absolute atomic E-state index is 0.311. The van der Waals surface area contributed by atoms with E-state index in [0.717, 1.165) is 12.0 Å². The van der Waals surface area contributed by atoms with Crippen molar-refractivity contribution in [2.45, 2.75) is 13.3 Å². The third-order valence-electron chi connectivity index (χ3n) is 4.46. The molecule has 0 fully saturated rings. The van der Waals surface area contributed by atoms with Crippen LogP contribution in [0.25, 0.3) is 11.4 Å². The maximum Gasteiger partial charge on any atom is 0.258 e. The maximum absolute atomic E-state index is 13.1. The average molecular weight is 334 g/mol. The Morgan fingerprint density at radius 1 is 0.760 bits per heavy atom. The molecular weight excluding hydrogens is 319 g/mol. The van der Waals surface area contributed by atoms with Crippen molar-refractivity contribution in [2.24, 2.45) is 0 Å². The van der Waals surface area contributed by atoms with Crippen molar-refractivity contribution >= 4 is 23.2 Å². The standard InChI is InChI=1S/C20H15FN2O2/c1-2-11-3-5-12(6-4-11)17-15-16(20(25)22-17)18(23-19(15)24)13-7-9-14(21)10-8-13/h3-10H,2H2,1H3,(H,22,25)(H,23,24). The molecule has 2 amide bonds. The largest absolute Gasteiger partial charge is 0.321 e. The lowest BCUT2D eigenvalue weighted by molar-refractivity contribution is -0.117. The van der Waals surface area contributed by atoms with E-state index < -0.39 is 0 Å². The van der Waals surface area contributed by atoms with Crippen LogP contribution in [0.3, 0.4) is 0 Å². The molecule has 5 heteroatoms. The average Bonchev–Trinajstić information content (AvgIpc) is 3.15. The van der Waals surface area contributed by atoms with Gasteiger partial charge in [-0.3, -0.25) is 9.59 Å². The van der Waals surface area contributed by atoms with Crippen molar-refractivity contribution in [2.75, 3.05) is 0 Å². The number of hydrogen-bond donors (Lipinski definition) is 2. The van der Waals surface area contributed by atoms with E-state index in [0.29, 0.717) is 28.1 Å². The molecule has 2 heterocycles. The predicted octanol–water partition coefficient (Wildman–Crippen LogP) is 2.77. The minimum atomic E-state index is -0.373. The summed E-state index contributed by atoms with van der Waals surface area (Å²) >= 11 is 0. The van der Waals surface area contributed by atoms with E-state index in [9.17, 15) is 14.0 Å². The Morgan fingerprint density at radius 3 is 1.64 bits per heavy atom. The first-order valence-electron chi connectivity index (χ1n) is 8.05. The summed E-state index contributed by atoms with van der Waals surface area (Å²) in [5.41, 5.74) is 4.13. The van der Waals surface area contributed by atoms with Crippen LogP contribution in [0.5, 0.6) is 0 Å². The Hall–Kier alpha value is -3.21. The number of nitrogens with one attached hydrogen (secondary N) is 2. The van der Waals surface area contributed by atoms with Crippen LogP contribution in [-0.2, 0) is 16.0 Å². The van der Waals surface area contributed by atoms with Crippen LogP contribution in [0, 0.1) is 5.82 Å². The van der Waals surface area contributed by atoms with Gasteiger partial charge < -0.3 is 10.6 Å². The van der Waals surface area contributed by atoms with Gasteiger partial charge in [0.15, 0.2) is 0 Å². The molecule has 0 bridgehead atoms. The highest BCUT2D eigenvalue weighted by molar-refractivity contribution is 6.30. The maximum atomic E-state index is 13.1. The molecule has 124 valence electrons. The van der Waals surface area contributed by atoms with Crippen molar-refractivity contribution in [3.05, 3.63) is 82.2 Å². The first kappa shape index (κ1) is 15.3. The van der Waals surface area contributed by atoms with Gasteiger partial charge in [-0.25, -0.2) is 4.39 Å². The Kier molecular flexibility index (Phi) is 3.50. The lowest BCUT2D eigenvalue weighted by atomic mass is 10.0. The van der Waals surface area contributed by atoms with E-state index in [2.05, 4.69) is 17.6 Å². The van der Waals surface area contributed by atoms with Crippen molar-refractivity contribution in [3.8, 4) is 0 Å². The molecule has 4 rings (SSSR count). The van der Waals surface area contributed by atoms with Crippen LogP contribution in [-0.4, -0.2) is 11.8 Å². The fourth-order valence-corrected chi connectivity index (χ4v) is 3.14. The van der Waals surface area contributed by atoms with Crippen molar-refractivity contribution in [3.63, 3.8) is 0 Å². The van der Waals surface area contributed by atoms with E-state index in [-0.39, 0.29) is 17.6 Å². The lowest BCUT2D eigenvalue weighted by Gasteiger charge is -2.08. The Morgan fingerprint density at radius 2 is 1.20 bits per heavy atom. The van der Waals surface area contributed by atoms with Gasteiger partial charge in [0.25, 0.3) is 11.8 Å². The van der Waals surface area contributed by atoms with Crippen LogP contribution in [0.2, 0.25) is 0 Å². The van der Waals surface area contributed by atoms with Gasteiger partial charge in [-0.15, -0.1) is 0 Å². The highest BCUT2D eigenvalue weighted by Crippen LogP contribution is 2.37. The fraction of sp³-hybridized carbons (Fsp3) is 0.100. The molecule has 0 saturated carbocycles. The van der Waals surface area contributed by atoms with Gasteiger partial charge in [0.1, 0.15) is 5.82 Å². The predicted molar refractivity (Wildman–Crippen MR) is 92.3 cm³/mol. The van der Waals surface area contributed by atoms with Gasteiger partial charge in [-0.2, -0.15) is 0 Å². The van der Waals surface area contributed by atoms with Gasteiger partial charge in [-0.05, 0) is 47.4 Å². The number of halogens is 1. The molecule has 2 aliphatic heterocycles. The van der Waals surface area contributed by atoms with Gasteiger partial charge in [-0.1, -0.05) is 31.2 Å². The molecule has 25 heavy (non-hydrogen) atoms. The number of aryl methyl sites for hydroxylation is 1. The van der Waals surface area contributed by atoms with E-state index in [1.165, 1.54) is 17.7 Å². The molecule has 2 aliphatic rings. The summed E-state index contributed by atoms with van der Waals surface area (Å²) < 4.78 is 13.1. The lowest BCUT2D eigenvalue weighted by Crippen LogP contribution is -2.21. The first-order valence-corrected chi connectivity index (χ1v) is 8.05. The summed E-state index contributed by atoms with van der Waals surface area (Å²) in [6.45, 7) is 2.06. The zero-order chi connectivity index (χ0) is 17.6. The second kappa shape index (κ2) is 5.70. The van der Waals surface area contributed by atoms with Gasteiger partial charge in [0.2, 0.25) is 0 Å². The van der Waals surface area contributed by atoms with Crippen LogP contribution >= 0.6 is 0 Å². The molecule has 0 aliphatic carbocycles. The Bertz CT molecular complexity index is 954. The molecule has 2 aromatic carbocycles. The van der Waals surface area contributed by atoms with Crippen LogP contribution in [0.15, 0.2) is 59.7 Å². The molecule has 2 aromatic rings.